The lowest BCUT2D eigenvalue weighted by molar-refractivity contribution is -0.385. The average Bonchev–Trinajstić information content (AvgIpc) is 2.53. The van der Waals surface area contributed by atoms with Crippen molar-refractivity contribution in [2.24, 2.45) is 5.90 Å². The fraction of sp³-hybridized carbons (Fsp3) is 0. The molecule has 2 aromatic carbocycles. The minimum atomic E-state index is -1.14. The van der Waals surface area contributed by atoms with Gasteiger partial charge in [0.2, 0.25) is 0 Å². The van der Waals surface area contributed by atoms with Gasteiger partial charge in [-0.2, -0.15) is 5.90 Å². The van der Waals surface area contributed by atoms with Gasteiger partial charge in [0.25, 0.3) is 5.69 Å². The Bertz CT molecular complexity index is 713. The quantitative estimate of drug-likeness (QED) is 0.521. The molecule has 7 heteroatoms. The molecular weight excluding hydrogens is 276 g/mol. The van der Waals surface area contributed by atoms with Crippen molar-refractivity contribution in [3.8, 4) is 0 Å². The van der Waals surface area contributed by atoms with Crippen LogP contribution >= 0.6 is 0 Å². The SMILES string of the molecule is NOC(=O)c1c(C(=O)c2ccccc2)cccc1[N+](=O)[O-]. The van der Waals surface area contributed by atoms with E-state index in [0.717, 1.165) is 6.07 Å². The summed E-state index contributed by atoms with van der Waals surface area (Å²) >= 11 is 0. The smallest absolute Gasteiger partial charge is 0.364 e. The molecule has 2 N–H and O–H groups in total. The van der Waals surface area contributed by atoms with Gasteiger partial charge in [0.05, 0.1) is 4.92 Å². The third kappa shape index (κ3) is 2.77. The lowest BCUT2D eigenvalue weighted by Gasteiger charge is -2.07. The lowest BCUT2D eigenvalue weighted by atomic mass is 9.97. The third-order valence-electron chi connectivity index (χ3n) is 2.83. The van der Waals surface area contributed by atoms with Gasteiger partial charge in [-0.1, -0.05) is 36.4 Å². The van der Waals surface area contributed by atoms with Crippen LogP contribution in [0.4, 0.5) is 5.69 Å². The fourth-order valence-corrected chi connectivity index (χ4v) is 1.90. The number of benzene rings is 2. The van der Waals surface area contributed by atoms with E-state index in [1.54, 1.807) is 30.3 Å². The van der Waals surface area contributed by atoms with Gasteiger partial charge in [0, 0.05) is 17.2 Å². The first kappa shape index (κ1) is 14.4. The zero-order valence-electron chi connectivity index (χ0n) is 10.7. The molecule has 2 rings (SSSR count). The van der Waals surface area contributed by atoms with E-state index in [2.05, 4.69) is 4.84 Å². The van der Waals surface area contributed by atoms with Gasteiger partial charge >= 0.3 is 5.97 Å². The highest BCUT2D eigenvalue weighted by molar-refractivity contribution is 6.15. The molecule has 0 aliphatic heterocycles. The average molecular weight is 286 g/mol. The van der Waals surface area contributed by atoms with Crippen molar-refractivity contribution < 1.29 is 19.3 Å². The summed E-state index contributed by atoms with van der Waals surface area (Å²) in [6, 6.07) is 11.8. The van der Waals surface area contributed by atoms with E-state index in [1.807, 2.05) is 0 Å². The van der Waals surface area contributed by atoms with E-state index in [1.165, 1.54) is 12.1 Å². The molecule has 0 aliphatic rings. The summed E-state index contributed by atoms with van der Waals surface area (Å²) < 4.78 is 0. The highest BCUT2D eigenvalue weighted by Gasteiger charge is 2.28. The number of rotatable bonds is 4. The van der Waals surface area contributed by atoms with Crippen molar-refractivity contribution in [3.05, 3.63) is 75.3 Å². The van der Waals surface area contributed by atoms with Crippen LogP contribution in [0.3, 0.4) is 0 Å². The Morgan fingerprint density at radius 1 is 1.05 bits per heavy atom. The summed E-state index contributed by atoms with van der Waals surface area (Å²) in [5.74, 6) is 3.13. The van der Waals surface area contributed by atoms with Crippen LogP contribution in [0.1, 0.15) is 26.3 Å². The third-order valence-corrected chi connectivity index (χ3v) is 2.83. The zero-order chi connectivity index (χ0) is 15.4. The van der Waals surface area contributed by atoms with Crippen LogP contribution in [-0.2, 0) is 4.84 Å². The van der Waals surface area contributed by atoms with Crippen LogP contribution in [0.5, 0.6) is 0 Å². The first-order valence-corrected chi connectivity index (χ1v) is 5.84. The molecule has 0 aromatic heterocycles. The van der Waals surface area contributed by atoms with Gasteiger partial charge in [-0.15, -0.1) is 0 Å². The molecule has 0 heterocycles. The van der Waals surface area contributed by atoms with E-state index in [-0.39, 0.29) is 5.56 Å². The summed E-state index contributed by atoms with van der Waals surface area (Å²) in [5.41, 5.74) is -0.832. The molecule has 0 unspecified atom stereocenters. The van der Waals surface area contributed by atoms with Crippen molar-refractivity contribution in [1.29, 1.82) is 0 Å². The minimum absolute atomic E-state index is 0.133. The van der Waals surface area contributed by atoms with Crippen LogP contribution in [0.25, 0.3) is 0 Å². The number of ketones is 1. The fourth-order valence-electron chi connectivity index (χ4n) is 1.90. The van der Waals surface area contributed by atoms with E-state index in [4.69, 9.17) is 5.90 Å². The van der Waals surface area contributed by atoms with Gasteiger partial charge < -0.3 is 4.84 Å². The second kappa shape index (κ2) is 5.93. The summed E-state index contributed by atoms with van der Waals surface area (Å²) in [6.45, 7) is 0. The molecule has 21 heavy (non-hydrogen) atoms. The zero-order valence-corrected chi connectivity index (χ0v) is 10.7. The van der Waals surface area contributed by atoms with E-state index >= 15 is 0 Å². The van der Waals surface area contributed by atoms with Crippen molar-refractivity contribution in [3.63, 3.8) is 0 Å². The van der Waals surface area contributed by atoms with Crippen molar-refractivity contribution in [1.82, 2.24) is 0 Å². The van der Waals surface area contributed by atoms with E-state index in [9.17, 15) is 19.7 Å². The number of carbonyl (C=O) groups is 2. The molecule has 2 aromatic rings. The number of nitrogens with zero attached hydrogens (tertiary/aromatic N) is 1. The maximum absolute atomic E-state index is 12.4. The maximum Gasteiger partial charge on any atom is 0.364 e. The molecule has 0 amide bonds. The monoisotopic (exact) mass is 286 g/mol. The Kier molecular flexibility index (Phi) is 4.05. The number of nitro groups is 1. The molecule has 0 spiro atoms. The summed E-state index contributed by atoms with van der Waals surface area (Å²) in [6.07, 6.45) is 0. The standard InChI is InChI=1S/C14H10N2O5/c15-21-14(18)12-10(7-4-8-11(12)16(19)20)13(17)9-5-2-1-3-6-9/h1-8H,15H2. The Hall–Kier alpha value is -3.06. The highest BCUT2D eigenvalue weighted by Crippen LogP contribution is 2.25. The molecule has 0 aliphatic carbocycles. The molecule has 0 radical (unpaired) electrons. The van der Waals surface area contributed by atoms with Crippen molar-refractivity contribution >= 4 is 17.4 Å². The van der Waals surface area contributed by atoms with E-state index < -0.39 is 27.9 Å². The van der Waals surface area contributed by atoms with Crippen LogP contribution in [0, 0.1) is 10.1 Å². The van der Waals surface area contributed by atoms with E-state index in [0.29, 0.717) is 5.56 Å². The van der Waals surface area contributed by atoms with Crippen molar-refractivity contribution in [2.75, 3.05) is 0 Å². The predicted molar refractivity (Wildman–Crippen MR) is 72.6 cm³/mol. The van der Waals surface area contributed by atoms with Crippen LogP contribution < -0.4 is 5.90 Å². The molecule has 0 atom stereocenters. The number of nitrogens with two attached hydrogens (primary N) is 1. The Labute approximate surface area is 119 Å². The van der Waals surface area contributed by atoms with Gasteiger partial charge in [0.15, 0.2) is 11.3 Å². The largest absolute Gasteiger partial charge is 0.369 e. The number of carbonyl (C=O) groups excluding carboxylic acids is 2. The van der Waals surface area contributed by atoms with Crippen molar-refractivity contribution in [2.45, 2.75) is 0 Å². The van der Waals surface area contributed by atoms with Gasteiger partial charge in [-0.05, 0) is 6.07 Å². The minimum Gasteiger partial charge on any atom is -0.369 e. The highest BCUT2D eigenvalue weighted by atomic mass is 16.7. The molecule has 106 valence electrons. The number of hydrogen-bond acceptors (Lipinski definition) is 6. The summed E-state index contributed by atoms with van der Waals surface area (Å²) in [5, 5.41) is 11.0. The van der Waals surface area contributed by atoms with Gasteiger partial charge in [0.1, 0.15) is 0 Å². The summed E-state index contributed by atoms with van der Waals surface area (Å²) in [4.78, 5) is 38.4. The topological polar surface area (TPSA) is 113 Å². The second-order valence-corrected chi connectivity index (χ2v) is 4.06. The normalized spacial score (nSPS) is 9.95. The molecular formula is C14H10N2O5. The Morgan fingerprint density at radius 3 is 2.29 bits per heavy atom. The van der Waals surface area contributed by atoms with Crippen LogP contribution in [0.15, 0.2) is 48.5 Å². The Morgan fingerprint density at radius 2 is 1.71 bits per heavy atom. The number of hydrogen-bond donors (Lipinski definition) is 1. The Balaban J connectivity index is 2.64. The van der Waals surface area contributed by atoms with Crippen LogP contribution in [-0.4, -0.2) is 16.7 Å². The maximum atomic E-state index is 12.4. The molecule has 0 bridgehead atoms. The first-order valence-electron chi connectivity index (χ1n) is 5.84. The van der Waals surface area contributed by atoms with Gasteiger partial charge in [-0.3, -0.25) is 14.9 Å². The molecule has 0 saturated heterocycles. The van der Waals surface area contributed by atoms with Crippen LogP contribution in [0.2, 0.25) is 0 Å². The first-order chi connectivity index (χ1) is 10.1. The molecule has 7 nitrogen and oxygen atoms in total. The number of nitro benzene ring substituents is 1. The van der Waals surface area contributed by atoms with Gasteiger partial charge in [-0.25, -0.2) is 4.79 Å². The predicted octanol–water partition coefficient (Wildman–Crippen LogP) is 1.86. The summed E-state index contributed by atoms with van der Waals surface area (Å²) in [7, 11) is 0. The molecule has 0 fully saturated rings. The second-order valence-electron chi connectivity index (χ2n) is 4.06. The molecule has 0 saturated carbocycles. The lowest BCUT2D eigenvalue weighted by Crippen LogP contribution is -2.17.